The summed E-state index contributed by atoms with van der Waals surface area (Å²) in [5.74, 6) is 0.583. The molecule has 2 aromatic rings. The Kier molecular flexibility index (Phi) is 3.84. The number of sulfonamides is 1. The van der Waals surface area contributed by atoms with Crippen LogP contribution < -0.4 is 4.72 Å². The lowest BCUT2D eigenvalue weighted by Gasteiger charge is -2.14. The lowest BCUT2D eigenvalue weighted by atomic mass is 10.2. The fraction of sp³-hybridized carbons (Fsp3) is 0.364. The number of aromatic amines is 1. The van der Waals surface area contributed by atoms with Gasteiger partial charge in [-0.3, -0.25) is 0 Å². The predicted molar refractivity (Wildman–Crippen MR) is 71.0 cm³/mol. The van der Waals surface area contributed by atoms with Crippen LogP contribution in [0.4, 0.5) is 0 Å². The van der Waals surface area contributed by atoms with Crippen molar-refractivity contribution in [2.75, 3.05) is 0 Å². The number of thiophene rings is 1. The van der Waals surface area contributed by atoms with Gasteiger partial charge in [-0.2, -0.15) is 0 Å². The van der Waals surface area contributed by atoms with Crippen molar-refractivity contribution >= 4 is 21.4 Å². The largest absolute Gasteiger partial charge is 0.332 e. The Balaban J connectivity index is 2.22. The number of imidazole rings is 1. The summed E-state index contributed by atoms with van der Waals surface area (Å²) in [6.07, 6.45) is 2.03. The Morgan fingerprint density at radius 3 is 2.83 bits per heavy atom. The molecule has 0 aromatic carbocycles. The average molecular weight is 285 g/mol. The summed E-state index contributed by atoms with van der Waals surface area (Å²) >= 11 is 1.54. The predicted octanol–water partition coefficient (Wildman–Crippen LogP) is 2.21. The van der Waals surface area contributed by atoms with Crippen LogP contribution in [0.3, 0.4) is 0 Å². The average Bonchev–Trinajstić information content (AvgIpc) is 2.96. The third-order valence-electron chi connectivity index (χ3n) is 2.56. The van der Waals surface area contributed by atoms with Crippen molar-refractivity contribution in [1.82, 2.24) is 14.7 Å². The van der Waals surface area contributed by atoms with Gasteiger partial charge in [0.1, 0.15) is 5.82 Å². The number of aryl methyl sites for hydroxylation is 1. The molecule has 0 spiro atoms. The van der Waals surface area contributed by atoms with E-state index in [9.17, 15) is 8.42 Å². The highest BCUT2D eigenvalue weighted by Gasteiger charge is 2.22. The van der Waals surface area contributed by atoms with Gasteiger partial charge in [0.2, 0.25) is 0 Å². The van der Waals surface area contributed by atoms with E-state index in [4.69, 9.17) is 0 Å². The van der Waals surface area contributed by atoms with Crippen molar-refractivity contribution in [1.29, 1.82) is 0 Å². The highest BCUT2D eigenvalue weighted by Crippen LogP contribution is 2.23. The van der Waals surface area contributed by atoms with Crippen molar-refractivity contribution < 1.29 is 8.42 Å². The van der Waals surface area contributed by atoms with Crippen LogP contribution in [0.25, 0.3) is 0 Å². The summed E-state index contributed by atoms with van der Waals surface area (Å²) in [5.41, 5.74) is 0. The second-order valence-electron chi connectivity index (χ2n) is 3.93. The summed E-state index contributed by atoms with van der Waals surface area (Å²) in [6, 6.07) is 3.65. The molecule has 18 heavy (non-hydrogen) atoms. The molecule has 0 saturated carbocycles. The van der Waals surface area contributed by atoms with E-state index in [0.29, 0.717) is 12.2 Å². The number of nitrogens with zero attached hydrogens (tertiary/aromatic N) is 1. The van der Waals surface area contributed by atoms with Gasteiger partial charge in [0.05, 0.1) is 12.2 Å². The monoisotopic (exact) mass is 285 g/mol. The summed E-state index contributed by atoms with van der Waals surface area (Å²) < 4.78 is 27.0. The smallest absolute Gasteiger partial charge is 0.258 e. The van der Waals surface area contributed by atoms with Gasteiger partial charge in [0, 0.05) is 4.88 Å². The van der Waals surface area contributed by atoms with Crippen molar-refractivity contribution in [2.24, 2.45) is 0 Å². The first kappa shape index (κ1) is 13.3. The minimum Gasteiger partial charge on any atom is -0.332 e. The van der Waals surface area contributed by atoms with E-state index in [1.54, 1.807) is 18.3 Å². The molecule has 0 bridgehead atoms. The minimum absolute atomic E-state index is 0.106. The molecule has 0 aliphatic heterocycles. The van der Waals surface area contributed by atoms with Gasteiger partial charge in [-0.05, 0) is 24.8 Å². The standard InChI is InChI=1S/C11H15N3O2S2/c1-3-9(10-5-4-6-17-10)14-18(15,16)11-7-12-8(2)13-11/h4-7,9,14H,3H2,1-2H3,(H,12,13). The zero-order chi connectivity index (χ0) is 13.2. The maximum atomic E-state index is 12.1. The first-order valence-electron chi connectivity index (χ1n) is 5.60. The van der Waals surface area contributed by atoms with Crippen LogP contribution in [0.5, 0.6) is 0 Å². The maximum Gasteiger partial charge on any atom is 0.258 e. The summed E-state index contributed by atoms with van der Waals surface area (Å²) in [7, 11) is -3.54. The number of H-pyrrole nitrogens is 1. The normalized spacial score (nSPS) is 13.7. The molecule has 0 radical (unpaired) electrons. The fourth-order valence-corrected chi connectivity index (χ4v) is 3.82. The zero-order valence-electron chi connectivity index (χ0n) is 10.2. The van der Waals surface area contributed by atoms with Gasteiger partial charge in [-0.25, -0.2) is 18.1 Å². The second-order valence-corrected chi connectivity index (χ2v) is 6.59. The molecule has 1 unspecified atom stereocenters. The molecule has 2 N–H and O–H groups in total. The molecule has 1 atom stereocenters. The zero-order valence-corrected chi connectivity index (χ0v) is 11.8. The van der Waals surface area contributed by atoms with Gasteiger partial charge >= 0.3 is 0 Å². The Labute approximate surface area is 110 Å². The molecule has 2 rings (SSSR count). The fourth-order valence-electron chi connectivity index (χ4n) is 1.62. The molecule has 0 amide bonds. The Morgan fingerprint density at radius 2 is 2.33 bits per heavy atom. The van der Waals surface area contributed by atoms with Crippen molar-refractivity contribution in [2.45, 2.75) is 31.3 Å². The van der Waals surface area contributed by atoms with Crippen molar-refractivity contribution in [3.63, 3.8) is 0 Å². The van der Waals surface area contributed by atoms with E-state index in [2.05, 4.69) is 14.7 Å². The number of nitrogens with one attached hydrogen (secondary N) is 2. The molecule has 0 fully saturated rings. The number of aromatic nitrogens is 2. The van der Waals surface area contributed by atoms with E-state index in [1.165, 1.54) is 6.20 Å². The topological polar surface area (TPSA) is 74.8 Å². The molecular weight excluding hydrogens is 270 g/mol. The van der Waals surface area contributed by atoms with Crippen LogP contribution in [0, 0.1) is 6.92 Å². The van der Waals surface area contributed by atoms with Crippen molar-refractivity contribution in [3.05, 3.63) is 34.4 Å². The van der Waals surface area contributed by atoms with Gasteiger partial charge in [0.25, 0.3) is 10.0 Å². The van der Waals surface area contributed by atoms with Gasteiger partial charge in [0.15, 0.2) is 5.03 Å². The van der Waals surface area contributed by atoms with Crippen LogP contribution in [0.2, 0.25) is 0 Å². The van der Waals surface area contributed by atoms with Crippen LogP contribution >= 0.6 is 11.3 Å². The van der Waals surface area contributed by atoms with Crippen LogP contribution in [0.15, 0.2) is 28.7 Å². The Bertz CT molecular complexity index is 602. The molecule has 98 valence electrons. The third kappa shape index (κ3) is 2.80. The molecule has 2 aromatic heterocycles. The van der Waals surface area contributed by atoms with E-state index < -0.39 is 10.0 Å². The first-order valence-corrected chi connectivity index (χ1v) is 7.96. The molecule has 0 aliphatic rings. The SMILES string of the molecule is CCC(NS(=O)(=O)c1cnc(C)[nH]1)c1cccs1. The molecule has 0 saturated heterocycles. The van der Waals surface area contributed by atoms with Gasteiger partial charge in [-0.15, -0.1) is 11.3 Å². The van der Waals surface area contributed by atoms with Crippen LogP contribution in [0.1, 0.15) is 30.1 Å². The van der Waals surface area contributed by atoms with Crippen molar-refractivity contribution in [3.8, 4) is 0 Å². The minimum atomic E-state index is -3.54. The Hall–Kier alpha value is -1.18. The Morgan fingerprint density at radius 1 is 1.56 bits per heavy atom. The molecular formula is C11H15N3O2S2. The summed E-state index contributed by atoms with van der Waals surface area (Å²) in [6.45, 7) is 3.67. The quantitative estimate of drug-likeness (QED) is 0.884. The first-order chi connectivity index (χ1) is 8.53. The number of hydrogen-bond donors (Lipinski definition) is 2. The number of rotatable bonds is 5. The molecule has 7 heteroatoms. The lowest BCUT2D eigenvalue weighted by molar-refractivity contribution is 0.550. The van der Waals surface area contributed by atoms with Crippen LogP contribution in [-0.2, 0) is 10.0 Å². The third-order valence-corrected chi connectivity index (χ3v) is 4.93. The maximum absolute atomic E-state index is 12.1. The van der Waals surface area contributed by atoms with Crippen LogP contribution in [-0.4, -0.2) is 18.4 Å². The summed E-state index contributed by atoms with van der Waals surface area (Å²) in [4.78, 5) is 7.65. The molecule has 0 aliphatic carbocycles. The molecule has 2 heterocycles. The van der Waals surface area contributed by atoms with E-state index in [-0.39, 0.29) is 11.1 Å². The number of hydrogen-bond acceptors (Lipinski definition) is 4. The summed E-state index contributed by atoms with van der Waals surface area (Å²) in [5, 5.41) is 2.04. The van der Waals surface area contributed by atoms with E-state index in [1.807, 2.05) is 24.4 Å². The molecule has 5 nitrogen and oxygen atoms in total. The highest BCUT2D eigenvalue weighted by molar-refractivity contribution is 7.89. The lowest BCUT2D eigenvalue weighted by Crippen LogP contribution is -2.28. The van der Waals surface area contributed by atoms with E-state index >= 15 is 0 Å². The second kappa shape index (κ2) is 5.21. The van der Waals surface area contributed by atoms with Gasteiger partial charge in [-0.1, -0.05) is 13.0 Å². The highest BCUT2D eigenvalue weighted by atomic mass is 32.2. The van der Waals surface area contributed by atoms with E-state index in [0.717, 1.165) is 4.88 Å². The van der Waals surface area contributed by atoms with Gasteiger partial charge < -0.3 is 4.98 Å².